The smallest absolute Gasteiger partial charge is 0.187 e. The van der Waals surface area contributed by atoms with Crippen molar-refractivity contribution < 1.29 is 128 Å². The van der Waals surface area contributed by atoms with Crippen molar-refractivity contribution in [2.45, 2.75) is 258 Å². The van der Waals surface area contributed by atoms with Gasteiger partial charge in [0.2, 0.25) is 0 Å². The summed E-state index contributed by atoms with van der Waals surface area (Å²) in [6, 6.07) is 0. The second kappa shape index (κ2) is 24.2. The van der Waals surface area contributed by atoms with Crippen molar-refractivity contribution in [3.05, 3.63) is 11.6 Å². The number of fused-ring (bicyclic) bond motifs is 7. The first-order valence-electron chi connectivity index (χ1n) is 29.8. The minimum atomic E-state index is -2.12. The summed E-state index contributed by atoms with van der Waals surface area (Å²) in [4.78, 5) is 0. The molecule has 7 aliphatic heterocycles. The summed E-state index contributed by atoms with van der Waals surface area (Å²) in [6.07, 6.45) is -32.2. The summed E-state index contributed by atoms with van der Waals surface area (Å²) in [5.74, 6) is 2.31. The van der Waals surface area contributed by atoms with Crippen LogP contribution in [0.4, 0.5) is 0 Å². The van der Waals surface area contributed by atoms with Gasteiger partial charge < -0.3 is 128 Å². The molecule has 35 atom stereocenters. The van der Waals surface area contributed by atoms with Crippen LogP contribution in [-0.2, 0) is 56.8 Å². The van der Waals surface area contributed by atoms with E-state index in [9.17, 15) is 71.5 Å². The van der Waals surface area contributed by atoms with Crippen LogP contribution >= 0.6 is 0 Å². The molecule has 82 heavy (non-hydrogen) atoms. The van der Waals surface area contributed by atoms with Crippen LogP contribution in [-0.4, -0.2) is 270 Å². The van der Waals surface area contributed by atoms with Crippen molar-refractivity contribution in [3.8, 4) is 0 Å². The summed E-state index contributed by atoms with van der Waals surface area (Å²) >= 11 is 0. The average Bonchev–Trinajstić information content (AvgIpc) is 1.57. The van der Waals surface area contributed by atoms with E-state index in [0.29, 0.717) is 48.3 Å². The molecule has 0 aromatic heterocycles. The molecule has 0 bridgehead atoms. The van der Waals surface area contributed by atoms with E-state index in [1.54, 1.807) is 0 Å². The Labute approximate surface area is 476 Å². The van der Waals surface area contributed by atoms with Gasteiger partial charge in [0.25, 0.3) is 0 Å². The Kier molecular flexibility index (Phi) is 18.4. The molecule has 11 rings (SSSR count). The third-order valence-corrected chi connectivity index (χ3v) is 21.5. The number of hydrogen-bond donors (Lipinski definition) is 14. The SMILES string of the molecule is C[C@@H]1CC[C@@]2(OC1)O[C@H]1C[C@H]3[C@@H]4CC=C5C[C@@H](O[C@@H]6O[C@H](CO)[C@H](O[C@@H]7O[C@H](CO)[C@@H](O)[C@H](O[C@@H]8OC[C@@H](O)[C@H](O)[C@H]8O)[C@H]7O[C@@H]7O[C@H](CO)[C@@H](O)[C@H](O[C@@H]8O[C@@H](C)[C@H](O)[C@@H](O)[C@H]8O)[C@H]7O)[C@H](O)[C@H]6O)CC[C@]5(C)[C@H]4CC[C@]3(C)[C@H]1[C@@H]2C. The lowest BCUT2D eigenvalue weighted by Crippen LogP contribution is -2.69. The minimum absolute atomic E-state index is 0.0802. The van der Waals surface area contributed by atoms with E-state index in [4.69, 9.17) is 56.8 Å². The van der Waals surface area contributed by atoms with Crippen LogP contribution in [0, 0.1) is 46.3 Å². The van der Waals surface area contributed by atoms with Gasteiger partial charge in [-0.05, 0) is 98.7 Å². The number of aliphatic hydroxyl groups is 14. The average molecular weight is 1180 g/mol. The molecular formula is C56H90O26. The van der Waals surface area contributed by atoms with Gasteiger partial charge in [-0.25, -0.2) is 0 Å². The number of hydrogen-bond acceptors (Lipinski definition) is 26. The van der Waals surface area contributed by atoms with E-state index in [2.05, 4.69) is 33.8 Å². The summed E-state index contributed by atoms with van der Waals surface area (Å²) < 4.78 is 73.6. The highest BCUT2D eigenvalue weighted by Gasteiger charge is 2.69. The highest BCUT2D eigenvalue weighted by Crippen LogP contribution is 2.71. The van der Waals surface area contributed by atoms with Gasteiger partial charge in [0.05, 0.1) is 51.3 Å². The van der Waals surface area contributed by atoms with Crippen LogP contribution in [0.5, 0.6) is 0 Å². The Hall–Kier alpha value is -1.30. The fourth-order valence-corrected chi connectivity index (χ4v) is 16.7. The molecule has 7 heterocycles. The quantitative estimate of drug-likeness (QED) is 0.0796. The van der Waals surface area contributed by atoms with Gasteiger partial charge in [-0.3, -0.25) is 0 Å². The van der Waals surface area contributed by atoms with E-state index in [0.717, 1.165) is 51.6 Å². The molecule has 14 N–H and O–H groups in total. The molecule has 3 saturated carbocycles. The van der Waals surface area contributed by atoms with Gasteiger partial charge in [-0.1, -0.05) is 39.3 Å². The molecule has 4 aliphatic carbocycles. The summed E-state index contributed by atoms with van der Waals surface area (Å²) in [6.45, 7) is 8.34. The zero-order chi connectivity index (χ0) is 58.6. The van der Waals surface area contributed by atoms with Gasteiger partial charge in [-0.2, -0.15) is 0 Å². The maximum atomic E-state index is 12.0. The molecule has 10 fully saturated rings. The molecule has 0 amide bonds. The minimum Gasteiger partial charge on any atom is -0.394 e. The zero-order valence-electron chi connectivity index (χ0n) is 47.1. The molecule has 0 radical (unpaired) electrons. The molecule has 7 saturated heterocycles. The van der Waals surface area contributed by atoms with Gasteiger partial charge in [0.15, 0.2) is 37.2 Å². The van der Waals surface area contributed by atoms with E-state index < -0.39 is 186 Å². The van der Waals surface area contributed by atoms with Crippen LogP contribution in [0.2, 0.25) is 0 Å². The molecule has 11 aliphatic rings. The first-order valence-corrected chi connectivity index (χ1v) is 29.8. The Balaban J connectivity index is 0.793. The molecule has 0 aromatic carbocycles. The van der Waals surface area contributed by atoms with Crippen molar-refractivity contribution in [3.63, 3.8) is 0 Å². The maximum absolute atomic E-state index is 12.0. The molecule has 0 aromatic rings. The fraction of sp³-hybridized carbons (Fsp3) is 0.964. The summed E-state index contributed by atoms with van der Waals surface area (Å²) in [5.41, 5.74) is 1.36. The highest BCUT2D eigenvalue weighted by molar-refractivity contribution is 5.26. The molecule has 26 heteroatoms. The number of allylic oxidation sites excluding steroid dienone is 1. The first-order chi connectivity index (χ1) is 39.0. The molecule has 0 unspecified atom stereocenters. The lowest BCUT2D eigenvalue weighted by atomic mass is 9.47. The lowest BCUT2D eigenvalue weighted by Gasteiger charge is -2.58. The third kappa shape index (κ3) is 10.8. The normalized spacial score (nSPS) is 56.9. The van der Waals surface area contributed by atoms with Gasteiger partial charge >= 0.3 is 0 Å². The number of rotatable bonds is 13. The van der Waals surface area contributed by atoms with Crippen molar-refractivity contribution in [1.82, 2.24) is 0 Å². The molecule has 1 spiro atoms. The van der Waals surface area contributed by atoms with Crippen LogP contribution in [0.1, 0.15) is 92.4 Å². The van der Waals surface area contributed by atoms with Crippen molar-refractivity contribution in [1.29, 1.82) is 0 Å². The van der Waals surface area contributed by atoms with Crippen molar-refractivity contribution in [2.24, 2.45) is 46.3 Å². The summed E-state index contributed by atoms with van der Waals surface area (Å²) in [5, 5.41) is 154. The van der Waals surface area contributed by atoms with Crippen LogP contribution in [0.15, 0.2) is 11.6 Å². The Morgan fingerprint density at radius 1 is 0.537 bits per heavy atom. The second-order valence-corrected chi connectivity index (χ2v) is 26.2. The van der Waals surface area contributed by atoms with Gasteiger partial charge in [-0.15, -0.1) is 0 Å². The Morgan fingerprint density at radius 2 is 1.15 bits per heavy atom. The second-order valence-electron chi connectivity index (χ2n) is 26.2. The predicted molar refractivity (Wildman–Crippen MR) is 273 cm³/mol. The van der Waals surface area contributed by atoms with Crippen LogP contribution < -0.4 is 0 Å². The van der Waals surface area contributed by atoms with Crippen LogP contribution in [0.25, 0.3) is 0 Å². The fourth-order valence-electron chi connectivity index (χ4n) is 16.7. The predicted octanol–water partition coefficient (Wildman–Crippen LogP) is -3.50. The zero-order valence-corrected chi connectivity index (χ0v) is 47.1. The molecule has 470 valence electrons. The standard InChI is InChI=1S/C56H90O26/c1-21-8-13-56(72-19-21)22(2)34-30(82-56)15-28-26-7-6-24-14-25(9-11-54(24,4)27(26)10-12-55(28,34)5)74-51-43(69)40(66)45(33(18-59)77-51)78-53-48(47(38(64)32(17-58)76-53)80-49-41(67)36(62)29(60)20-71-49)81-52-44(70)46(37(63)31(16-57)75-52)79-50-42(68)39(65)35(61)23(3)73-50/h6,21-23,25-53,57-70H,7-20H2,1-5H3/t21-,22+,23+,25+,26-,27+,28+,29-,30+,31-,32-,33-,34+,35+,36+,37-,38-,39-,40-,41-,42-,43-,44-,45+,46+,47+,48-,49+,50+,51-,52+,53+,54+,55+,56-/m1/s1. The highest BCUT2D eigenvalue weighted by atomic mass is 16.8. The van der Waals surface area contributed by atoms with E-state index >= 15 is 0 Å². The Bertz CT molecular complexity index is 2190. The molecular weight excluding hydrogens is 1090 g/mol. The maximum Gasteiger partial charge on any atom is 0.187 e. The van der Waals surface area contributed by atoms with E-state index in [1.807, 2.05) is 0 Å². The molecule has 26 nitrogen and oxygen atoms in total. The summed E-state index contributed by atoms with van der Waals surface area (Å²) in [7, 11) is 0. The van der Waals surface area contributed by atoms with Crippen molar-refractivity contribution in [2.75, 3.05) is 33.0 Å². The monoisotopic (exact) mass is 1180 g/mol. The Morgan fingerprint density at radius 3 is 1.84 bits per heavy atom. The topological polar surface area (TPSA) is 394 Å². The van der Waals surface area contributed by atoms with E-state index in [-0.39, 0.29) is 16.9 Å². The van der Waals surface area contributed by atoms with E-state index in [1.165, 1.54) is 12.5 Å². The third-order valence-electron chi connectivity index (χ3n) is 21.5. The first kappa shape index (κ1) is 62.3. The largest absolute Gasteiger partial charge is 0.394 e. The van der Waals surface area contributed by atoms with Crippen LogP contribution in [0.3, 0.4) is 0 Å². The van der Waals surface area contributed by atoms with Gasteiger partial charge in [0.1, 0.15) is 110 Å². The van der Waals surface area contributed by atoms with Crippen molar-refractivity contribution >= 4 is 0 Å². The van der Waals surface area contributed by atoms with Gasteiger partial charge in [0, 0.05) is 12.3 Å². The number of aliphatic hydroxyl groups excluding tert-OH is 14. The number of ether oxygens (including phenoxy) is 12. The lowest BCUT2D eigenvalue weighted by molar-refractivity contribution is -0.409.